The van der Waals surface area contributed by atoms with Crippen LogP contribution in [0.15, 0.2) is 0 Å². The van der Waals surface area contributed by atoms with E-state index < -0.39 is 11.7 Å². The van der Waals surface area contributed by atoms with E-state index in [1.165, 1.54) is 0 Å². The fourth-order valence-corrected chi connectivity index (χ4v) is 1.82. The Labute approximate surface area is 103 Å². The zero-order valence-corrected chi connectivity index (χ0v) is 11.0. The van der Waals surface area contributed by atoms with Gasteiger partial charge in [0.25, 0.3) is 0 Å². The number of hydrogen-bond donors (Lipinski definition) is 3. The average Bonchev–Trinajstić information content (AvgIpc) is 2.57. The summed E-state index contributed by atoms with van der Waals surface area (Å²) in [5, 5.41) is 22.9. The molecule has 0 bridgehead atoms. The Morgan fingerprint density at radius 3 is 2.76 bits per heavy atom. The molecule has 3 N–H and O–H groups in total. The second kappa shape index (κ2) is 6.66. The lowest BCUT2D eigenvalue weighted by atomic mass is 9.97. The summed E-state index contributed by atoms with van der Waals surface area (Å²) < 4.78 is 10.6. The average molecular weight is 247 g/mol. The molecule has 17 heavy (non-hydrogen) atoms. The van der Waals surface area contributed by atoms with Crippen molar-refractivity contribution < 1.29 is 19.7 Å². The van der Waals surface area contributed by atoms with Crippen LogP contribution in [0.25, 0.3) is 0 Å². The van der Waals surface area contributed by atoms with Gasteiger partial charge in [-0.05, 0) is 20.8 Å². The molecule has 3 unspecified atom stereocenters. The Morgan fingerprint density at radius 2 is 2.24 bits per heavy atom. The molecule has 1 fully saturated rings. The van der Waals surface area contributed by atoms with E-state index in [0.29, 0.717) is 32.7 Å². The predicted octanol–water partition coefficient (Wildman–Crippen LogP) is -0.0982. The summed E-state index contributed by atoms with van der Waals surface area (Å²) in [4.78, 5) is 0. The summed E-state index contributed by atoms with van der Waals surface area (Å²) >= 11 is 0. The molecule has 0 aromatic heterocycles. The first-order valence-corrected chi connectivity index (χ1v) is 6.28. The lowest BCUT2D eigenvalue weighted by Crippen LogP contribution is -2.47. The van der Waals surface area contributed by atoms with Gasteiger partial charge in [0, 0.05) is 26.1 Å². The van der Waals surface area contributed by atoms with E-state index in [4.69, 9.17) is 9.47 Å². The summed E-state index contributed by atoms with van der Waals surface area (Å²) in [5.74, 6) is 0. The van der Waals surface area contributed by atoms with E-state index >= 15 is 0 Å². The predicted molar refractivity (Wildman–Crippen MR) is 64.9 cm³/mol. The first kappa shape index (κ1) is 14.9. The Hall–Kier alpha value is -0.200. The number of aliphatic hydroxyl groups is 2. The third-order valence-corrected chi connectivity index (χ3v) is 3.09. The van der Waals surface area contributed by atoms with Gasteiger partial charge in [-0.15, -0.1) is 0 Å². The van der Waals surface area contributed by atoms with Crippen molar-refractivity contribution in [1.29, 1.82) is 0 Å². The summed E-state index contributed by atoms with van der Waals surface area (Å²) in [6.45, 7) is 7.50. The van der Waals surface area contributed by atoms with Crippen LogP contribution in [-0.4, -0.2) is 60.4 Å². The second-order valence-corrected chi connectivity index (χ2v) is 5.03. The van der Waals surface area contributed by atoms with Gasteiger partial charge in [-0.3, -0.25) is 0 Å². The van der Waals surface area contributed by atoms with E-state index in [1.807, 2.05) is 20.8 Å². The van der Waals surface area contributed by atoms with Crippen molar-refractivity contribution in [3.8, 4) is 0 Å². The van der Waals surface area contributed by atoms with Crippen LogP contribution in [0.1, 0.15) is 27.2 Å². The molecule has 1 aliphatic rings. The van der Waals surface area contributed by atoms with Crippen molar-refractivity contribution in [2.24, 2.45) is 0 Å². The van der Waals surface area contributed by atoms with Crippen LogP contribution in [0.2, 0.25) is 0 Å². The molecule has 0 spiro atoms. The summed E-state index contributed by atoms with van der Waals surface area (Å²) in [6.07, 6.45) is 0.0644. The van der Waals surface area contributed by atoms with Crippen molar-refractivity contribution in [3.63, 3.8) is 0 Å². The molecule has 1 saturated heterocycles. The quantitative estimate of drug-likeness (QED) is 0.586. The maximum absolute atomic E-state index is 10.2. The summed E-state index contributed by atoms with van der Waals surface area (Å²) in [7, 11) is 0. The number of hydrogen-bond acceptors (Lipinski definition) is 5. The van der Waals surface area contributed by atoms with Crippen LogP contribution >= 0.6 is 0 Å². The van der Waals surface area contributed by atoms with Crippen molar-refractivity contribution >= 4 is 0 Å². The van der Waals surface area contributed by atoms with Gasteiger partial charge in [0.1, 0.15) is 5.60 Å². The van der Waals surface area contributed by atoms with E-state index in [2.05, 4.69) is 5.32 Å². The third-order valence-electron chi connectivity index (χ3n) is 3.09. The Kier molecular flexibility index (Phi) is 5.82. The number of ether oxygens (including phenoxy) is 2. The molecule has 1 rings (SSSR count). The van der Waals surface area contributed by atoms with Crippen molar-refractivity contribution in [2.45, 2.75) is 51.1 Å². The Bertz CT molecular complexity index is 225. The van der Waals surface area contributed by atoms with Gasteiger partial charge < -0.3 is 25.0 Å². The van der Waals surface area contributed by atoms with Crippen LogP contribution in [0.5, 0.6) is 0 Å². The highest BCUT2D eigenvalue weighted by molar-refractivity contribution is 4.91. The third kappa shape index (κ3) is 4.89. The summed E-state index contributed by atoms with van der Waals surface area (Å²) in [5.41, 5.74) is -0.807. The van der Waals surface area contributed by atoms with Gasteiger partial charge in [-0.1, -0.05) is 0 Å². The number of rotatable bonds is 7. The Morgan fingerprint density at radius 1 is 1.53 bits per heavy atom. The molecular weight excluding hydrogens is 222 g/mol. The lowest BCUT2D eigenvalue weighted by molar-refractivity contribution is -0.0310. The minimum absolute atomic E-state index is 0.122. The SMILES string of the molecule is CC(C)OCC(O)CNCC1(O)CCOC1C. The van der Waals surface area contributed by atoms with Gasteiger partial charge in [0.05, 0.1) is 24.9 Å². The monoisotopic (exact) mass is 247 g/mol. The van der Waals surface area contributed by atoms with E-state index in [9.17, 15) is 10.2 Å². The maximum atomic E-state index is 10.2. The lowest BCUT2D eigenvalue weighted by Gasteiger charge is -2.27. The van der Waals surface area contributed by atoms with Crippen LogP contribution in [-0.2, 0) is 9.47 Å². The first-order valence-electron chi connectivity index (χ1n) is 6.28. The van der Waals surface area contributed by atoms with E-state index in [1.54, 1.807) is 0 Å². The standard InChI is InChI=1S/C12H25NO4/c1-9(2)17-7-11(14)6-13-8-12(15)4-5-16-10(12)3/h9-11,13-15H,4-8H2,1-3H3. The molecule has 0 aliphatic carbocycles. The normalized spacial score (nSPS) is 31.1. The van der Waals surface area contributed by atoms with Crippen molar-refractivity contribution in [1.82, 2.24) is 5.32 Å². The van der Waals surface area contributed by atoms with E-state index in [-0.39, 0.29) is 12.2 Å². The van der Waals surface area contributed by atoms with Gasteiger partial charge in [-0.2, -0.15) is 0 Å². The van der Waals surface area contributed by atoms with Crippen LogP contribution in [0.3, 0.4) is 0 Å². The fourth-order valence-electron chi connectivity index (χ4n) is 1.82. The number of nitrogens with one attached hydrogen (secondary N) is 1. The largest absolute Gasteiger partial charge is 0.389 e. The van der Waals surface area contributed by atoms with Crippen LogP contribution < -0.4 is 5.32 Å². The Balaban J connectivity index is 2.14. The molecular formula is C12H25NO4. The summed E-state index contributed by atoms with van der Waals surface area (Å²) in [6, 6.07) is 0. The zero-order chi connectivity index (χ0) is 12.9. The van der Waals surface area contributed by atoms with E-state index in [0.717, 1.165) is 0 Å². The smallest absolute Gasteiger partial charge is 0.105 e. The zero-order valence-electron chi connectivity index (χ0n) is 11.0. The molecule has 5 heteroatoms. The topological polar surface area (TPSA) is 71.0 Å². The molecule has 102 valence electrons. The minimum Gasteiger partial charge on any atom is -0.389 e. The van der Waals surface area contributed by atoms with Crippen molar-refractivity contribution in [3.05, 3.63) is 0 Å². The highest BCUT2D eigenvalue weighted by Gasteiger charge is 2.39. The molecule has 0 saturated carbocycles. The molecule has 1 aliphatic heterocycles. The molecule has 3 atom stereocenters. The van der Waals surface area contributed by atoms with Crippen LogP contribution in [0, 0.1) is 0 Å². The van der Waals surface area contributed by atoms with Crippen molar-refractivity contribution in [2.75, 3.05) is 26.3 Å². The molecule has 0 aromatic rings. The van der Waals surface area contributed by atoms with Gasteiger partial charge in [0.15, 0.2) is 0 Å². The van der Waals surface area contributed by atoms with Gasteiger partial charge in [-0.25, -0.2) is 0 Å². The number of aliphatic hydroxyl groups excluding tert-OH is 1. The molecule has 1 heterocycles. The molecule has 0 amide bonds. The van der Waals surface area contributed by atoms with Gasteiger partial charge in [0.2, 0.25) is 0 Å². The second-order valence-electron chi connectivity index (χ2n) is 5.03. The highest BCUT2D eigenvalue weighted by atomic mass is 16.5. The molecule has 5 nitrogen and oxygen atoms in total. The molecule has 0 radical (unpaired) electrons. The first-order chi connectivity index (χ1) is 7.94. The van der Waals surface area contributed by atoms with Gasteiger partial charge >= 0.3 is 0 Å². The minimum atomic E-state index is -0.807. The molecule has 0 aromatic carbocycles. The highest BCUT2D eigenvalue weighted by Crippen LogP contribution is 2.24. The fraction of sp³-hybridized carbons (Fsp3) is 1.00. The maximum Gasteiger partial charge on any atom is 0.105 e. The van der Waals surface area contributed by atoms with Crippen LogP contribution in [0.4, 0.5) is 0 Å².